The van der Waals surface area contributed by atoms with Gasteiger partial charge in [0.1, 0.15) is 0 Å². The molecular weight excluding hydrogens is 502 g/mol. The molecule has 1 aliphatic rings. The van der Waals surface area contributed by atoms with Gasteiger partial charge in [-0.1, -0.05) is 85.5 Å². The minimum Gasteiger partial charge on any atom is -0.270 e. The molecule has 5 nitrogen and oxygen atoms in total. The fraction of sp³-hybridized carbons (Fsp3) is 0.333. The Hall–Kier alpha value is -2.90. The molecule has 0 saturated carbocycles. The summed E-state index contributed by atoms with van der Waals surface area (Å²) >= 11 is 0. The first-order valence-corrected chi connectivity index (χ1v) is 15.8. The minimum atomic E-state index is -3.89. The molecule has 0 aromatic heterocycles. The first kappa shape index (κ1) is 27.1. The van der Waals surface area contributed by atoms with Crippen LogP contribution in [0.1, 0.15) is 42.9 Å². The van der Waals surface area contributed by atoms with Gasteiger partial charge in [-0.25, -0.2) is 16.8 Å². The Bertz CT molecular complexity index is 1430. The fourth-order valence-electron chi connectivity index (χ4n) is 5.03. The molecule has 0 aliphatic carbocycles. The smallest absolute Gasteiger partial charge is 0.264 e. The summed E-state index contributed by atoms with van der Waals surface area (Å²) < 4.78 is 57.1. The zero-order valence-corrected chi connectivity index (χ0v) is 23.3. The van der Waals surface area contributed by atoms with E-state index in [2.05, 4.69) is 6.92 Å². The molecule has 0 fully saturated rings. The maximum atomic E-state index is 13.9. The third-order valence-electron chi connectivity index (χ3n) is 7.15. The van der Waals surface area contributed by atoms with E-state index in [0.717, 1.165) is 29.5 Å². The Balaban J connectivity index is 1.84. The Morgan fingerprint density at radius 3 is 1.89 bits per heavy atom. The lowest BCUT2D eigenvalue weighted by molar-refractivity contribution is 0.251. The molecule has 0 saturated heterocycles. The van der Waals surface area contributed by atoms with Gasteiger partial charge in [0.25, 0.3) is 10.0 Å². The number of unbranched alkanes of at least 4 members (excludes halogenated alkanes) is 1. The minimum absolute atomic E-state index is 0.204. The number of sulfone groups is 1. The van der Waals surface area contributed by atoms with E-state index in [1.165, 1.54) is 10.5 Å². The quantitative estimate of drug-likeness (QED) is 0.332. The maximum Gasteiger partial charge on any atom is 0.264 e. The van der Waals surface area contributed by atoms with Crippen molar-refractivity contribution in [3.63, 3.8) is 0 Å². The van der Waals surface area contributed by atoms with Crippen molar-refractivity contribution in [2.75, 3.05) is 0 Å². The molecule has 0 radical (unpaired) electrons. The summed E-state index contributed by atoms with van der Waals surface area (Å²) in [4.78, 5) is 0.470. The summed E-state index contributed by atoms with van der Waals surface area (Å²) in [6, 6.07) is 22.9. The lowest BCUT2D eigenvalue weighted by Gasteiger charge is -2.42. The van der Waals surface area contributed by atoms with Crippen LogP contribution in [-0.2, 0) is 26.3 Å². The molecule has 3 aromatic rings. The number of hydrogen-bond acceptors (Lipinski definition) is 4. The van der Waals surface area contributed by atoms with Crippen LogP contribution in [-0.4, -0.2) is 32.4 Å². The van der Waals surface area contributed by atoms with Gasteiger partial charge in [-0.2, -0.15) is 0 Å². The standard InChI is InChI=1S/C30H35NO4S2/c1-4-5-11-28-29(22-25-9-7-6-8-10-25)31(37(34,35)27-18-14-24(3)15-19-27)21-20-30(28)36(32,33)26-16-12-23(2)13-17-26/h6-10,12-21,28-30H,4-5,11,22H2,1-3H3/t28-,29-,30-/m0/s1. The summed E-state index contributed by atoms with van der Waals surface area (Å²) in [5.41, 5.74) is 2.93. The highest BCUT2D eigenvalue weighted by Crippen LogP contribution is 2.38. The average Bonchev–Trinajstić information content (AvgIpc) is 2.88. The van der Waals surface area contributed by atoms with Crippen LogP contribution < -0.4 is 0 Å². The van der Waals surface area contributed by atoms with Crippen molar-refractivity contribution in [1.82, 2.24) is 4.31 Å². The second-order valence-corrected chi connectivity index (χ2v) is 13.8. The van der Waals surface area contributed by atoms with E-state index >= 15 is 0 Å². The first-order chi connectivity index (χ1) is 17.6. The second-order valence-electron chi connectivity index (χ2n) is 9.88. The van der Waals surface area contributed by atoms with Gasteiger partial charge in [0.2, 0.25) is 0 Å². The largest absolute Gasteiger partial charge is 0.270 e. The molecule has 4 rings (SSSR count). The third kappa shape index (κ3) is 5.83. The molecule has 7 heteroatoms. The fourth-order valence-corrected chi connectivity index (χ4v) is 8.46. The van der Waals surface area contributed by atoms with Gasteiger partial charge >= 0.3 is 0 Å². The monoisotopic (exact) mass is 537 g/mol. The molecule has 0 bridgehead atoms. The zero-order valence-electron chi connectivity index (χ0n) is 21.6. The molecule has 1 heterocycles. The Kier molecular flexibility index (Phi) is 8.24. The van der Waals surface area contributed by atoms with E-state index in [1.807, 2.05) is 44.2 Å². The van der Waals surface area contributed by atoms with Crippen molar-refractivity contribution in [2.24, 2.45) is 5.92 Å². The van der Waals surface area contributed by atoms with Gasteiger partial charge in [0.05, 0.1) is 21.1 Å². The van der Waals surface area contributed by atoms with Gasteiger partial charge < -0.3 is 0 Å². The highest BCUT2D eigenvalue weighted by molar-refractivity contribution is 7.92. The lowest BCUT2D eigenvalue weighted by Crippen LogP contribution is -2.51. The van der Waals surface area contributed by atoms with E-state index in [0.29, 0.717) is 12.8 Å². The predicted molar refractivity (Wildman–Crippen MR) is 148 cm³/mol. The van der Waals surface area contributed by atoms with Crippen molar-refractivity contribution < 1.29 is 16.8 Å². The maximum absolute atomic E-state index is 13.9. The Morgan fingerprint density at radius 1 is 0.757 bits per heavy atom. The van der Waals surface area contributed by atoms with E-state index in [9.17, 15) is 16.8 Å². The molecule has 3 aromatic carbocycles. The lowest BCUT2D eigenvalue weighted by atomic mass is 9.85. The average molecular weight is 538 g/mol. The highest BCUT2D eigenvalue weighted by Gasteiger charge is 2.45. The van der Waals surface area contributed by atoms with E-state index < -0.39 is 37.1 Å². The number of nitrogens with zero attached hydrogens (tertiary/aromatic N) is 1. The van der Waals surface area contributed by atoms with Crippen LogP contribution in [0.2, 0.25) is 0 Å². The summed E-state index contributed by atoms with van der Waals surface area (Å²) in [6.07, 6.45) is 5.80. The van der Waals surface area contributed by atoms with Crippen molar-refractivity contribution in [3.8, 4) is 0 Å². The summed E-state index contributed by atoms with van der Waals surface area (Å²) in [5, 5.41) is -0.820. The van der Waals surface area contributed by atoms with Crippen LogP contribution >= 0.6 is 0 Å². The topological polar surface area (TPSA) is 71.5 Å². The van der Waals surface area contributed by atoms with Crippen LogP contribution in [0.15, 0.2) is 101 Å². The number of aryl methyl sites for hydroxylation is 2. The molecule has 0 amide bonds. The SMILES string of the molecule is CCCC[C@H]1[C@H](Cc2ccccc2)N(S(=O)(=O)c2ccc(C)cc2)C=C[C@@H]1S(=O)(=O)c1ccc(C)cc1. The molecule has 196 valence electrons. The van der Waals surface area contributed by atoms with Gasteiger partial charge in [0.15, 0.2) is 9.84 Å². The molecule has 37 heavy (non-hydrogen) atoms. The van der Waals surface area contributed by atoms with Crippen LogP contribution in [0.3, 0.4) is 0 Å². The second kappa shape index (κ2) is 11.2. The number of sulfonamides is 1. The van der Waals surface area contributed by atoms with E-state index in [-0.39, 0.29) is 9.79 Å². The van der Waals surface area contributed by atoms with Crippen LogP contribution in [0.4, 0.5) is 0 Å². The Labute approximate surface area is 221 Å². The van der Waals surface area contributed by atoms with Crippen molar-refractivity contribution in [2.45, 2.75) is 67.5 Å². The van der Waals surface area contributed by atoms with Crippen LogP contribution in [0.25, 0.3) is 0 Å². The Morgan fingerprint density at radius 2 is 1.32 bits per heavy atom. The number of hydrogen-bond donors (Lipinski definition) is 0. The van der Waals surface area contributed by atoms with Gasteiger partial charge in [-0.3, -0.25) is 4.31 Å². The van der Waals surface area contributed by atoms with Gasteiger partial charge in [-0.05, 0) is 62.6 Å². The molecule has 0 N–H and O–H groups in total. The normalized spacial score (nSPS) is 20.2. The third-order valence-corrected chi connectivity index (χ3v) is 11.1. The van der Waals surface area contributed by atoms with Gasteiger partial charge in [-0.15, -0.1) is 0 Å². The van der Waals surface area contributed by atoms with Crippen molar-refractivity contribution >= 4 is 19.9 Å². The van der Waals surface area contributed by atoms with Crippen molar-refractivity contribution in [3.05, 3.63) is 108 Å². The highest BCUT2D eigenvalue weighted by atomic mass is 32.2. The zero-order chi connectivity index (χ0) is 26.6. The van der Waals surface area contributed by atoms with Crippen LogP contribution in [0, 0.1) is 19.8 Å². The summed E-state index contributed by atoms with van der Waals surface area (Å²) in [6.45, 7) is 5.90. The van der Waals surface area contributed by atoms with Crippen LogP contribution in [0.5, 0.6) is 0 Å². The number of benzene rings is 3. The van der Waals surface area contributed by atoms with E-state index in [1.54, 1.807) is 54.6 Å². The summed E-state index contributed by atoms with van der Waals surface area (Å²) in [7, 11) is -7.62. The van der Waals surface area contributed by atoms with Crippen molar-refractivity contribution in [1.29, 1.82) is 0 Å². The molecule has 3 atom stereocenters. The molecular formula is C30H35NO4S2. The van der Waals surface area contributed by atoms with Gasteiger partial charge in [0, 0.05) is 12.1 Å². The van der Waals surface area contributed by atoms with E-state index in [4.69, 9.17) is 0 Å². The molecule has 0 spiro atoms. The predicted octanol–water partition coefficient (Wildman–Crippen LogP) is 6.08. The molecule has 0 unspecified atom stereocenters. The number of rotatable bonds is 9. The summed E-state index contributed by atoms with van der Waals surface area (Å²) in [5.74, 6) is -0.406. The molecule has 1 aliphatic heterocycles. The first-order valence-electron chi connectivity index (χ1n) is 12.8.